The van der Waals surface area contributed by atoms with Gasteiger partial charge in [0.05, 0.1) is 0 Å². The largest absolute Gasteiger partial charge is 0.341 e. The number of rotatable bonds is 3. The lowest BCUT2D eigenvalue weighted by Crippen LogP contribution is -2.56. The van der Waals surface area contributed by atoms with E-state index in [1.165, 1.54) is 0 Å². The van der Waals surface area contributed by atoms with E-state index >= 15 is 0 Å². The van der Waals surface area contributed by atoms with Crippen LogP contribution in [0.15, 0.2) is 23.0 Å². The van der Waals surface area contributed by atoms with Crippen molar-refractivity contribution in [2.45, 2.75) is 44.1 Å². The highest BCUT2D eigenvalue weighted by atomic mass is 35.5. The molecular formula is C17H25ClN6O2. The molecule has 0 saturated carbocycles. The first-order valence-electron chi connectivity index (χ1n) is 8.99. The summed E-state index contributed by atoms with van der Waals surface area (Å²) in [5.41, 5.74) is -0.553. The van der Waals surface area contributed by atoms with Gasteiger partial charge >= 0.3 is 0 Å². The molecule has 4 rings (SSSR count). The molecule has 2 aliphatic heterocycles. The number of nitrogens with zero attached hydrogens (tertiary/aromatic N) is 5. The Hall–Kier alpha value is -1.93. The second-order valence-corrected chi connectivity index (χ2v) is 6.98. The third kappa shape index (κ3) is 3.35. The SMILES string of the molecule is Cc1noc(C2CCN(C(=O)C3(n4cccn4)CCNCC3)CC2)n1.Cl. The van der Waals surface area contributed by atoms with Crippen LogP contribution in [0.2, 0.25) is 0 Å². The second kappa shape index (κ2) is 7.75. The van der Waals surface area contributed by atoms with Crippen LogP contribution in [0.25, 0.3) is 0 Å². The first-order chi connectivity index (χ1) is 12.2. The van der Waals surface area contributed by atoms with Gasteiger partial charge in [0.15, 0.2) is 5.82 Å². The number of carbonyl (C=O) groups excluding carboxylic acids is 1. The predicted molar refractivity (Wildman–Crippen MR) is 97.1 cm³/mol. The number of nitrogens with one attached hydrogen (secondary N) is 1. The summed E-state index contributed by atoms with van der Waals surface area (Å²) in [6, 6.07) is 1.89. The molecule has 8 nitrogen and oxygen atoms in total. The van der Waals surface area contributed by atoms with Crippen LogP contribution in [0.5, 0.6) is 0 Å². The maximum atomic E-state index is 13.4. The molecule has 2 fully saturated rings. The van der Waals surface area contributed by atoms with E-state index in [2.05, 4.69) is 20.6 Å². The Morgan fingerprint density at radius 1 is 1.31 bits per heavy atom. The highest BCUT2D eigenvalue weighted by Gasteiger charge is 2.45. The Labute approximate surface area is 158 Å². The standard InChI is InChI=1S/C17H24N6O2.ClH/c1-13-20-15(25-21-13)14-3-11-22(12-4-14)16(24)17(5-8-18-9-6-17)23-10-2-7-19-23;/h2,7,10,14,18H,3-6,8-9,11-12H2,1H3;1H. The molecule has 2 saturated heterocycles. The monoisotopic (exact) mass is 380 g/mol. The fourth-order valence-electron chi connectivity index (χ4n) is 4.01. The van der Waals surface area contributed by atoms with E-state index in [0.29, 0.717) is 11.7 Å². The van der Waals surface area contributed by atoms with Gasteiger partial charge in [-0.3, -0.25) is 9.48 Å². The molecule has 9 heteroatoms. The first kappa shape index (κ1) is 18.8. The smallest absolute Gasteiger partial charge is 0.250 e. The van der Waals surface area contributed by atoms with E-state index in [-0.39, 0.29) is 24.2 Å². The Kier molecular flexibility index (Phi) is 5.62. The van der Waals surface area contributed by atoms with Gasteiger partial charge in [0.2, 0.25) is 5.89 Å². The van der Waals surface area contributed by atoms with Crippen molar-refractivity contribution < 1.29 is 9.32 Å². The number of hydrogen-bond donors (Lipinski definition) is 1. The average Bonchev–Trinajstić information content (AvgIpc) is 3.34. The van der Waals surface area contributed by atoms with Crippen molar-refractivity contribution in [3.63, 3.8) is 0 Å². The lowest BCUT2D eigenvalue weighted by Gasteiger charge is -2.42. The van der Waals surface area contributed by atoms with Gasteiger partial charge in [-0.25, -0.2) is 0 Å². The average molecular weight is 381 g/mol. The summed E-state index contributed by atoms with van der Waals surface area (Å²) < 4.78 is 7.17. The molecule has 142 valence electrons. The number of aryl methyl sites for hydroxylation is 1. The fourth-order valence-corrected chi connectivity index (χ4v) is 4.01. The van der Waals surface area contributed by atoms with Crippen molar-refractivity contribution in [3.8, 4) is 0 Å². The molecule has 0 unspecified atom stereocenters. The van der Waals surface area contributed by atoms with Crippen LogP contribution in [0.3, 0.4) is 0 Å². The Bertz CT molecular complexity index is 717. The van der Waals surface area contributed by atoms with E-state index in [4.69, 9.17) is 4.52 Å². The third-order valence-corrected chi connectivity index (χ3v) is 5.45. The summed E-state index contributed by atoms with van der Waals surface area (Å²) in [5, 5.41) is 11.6. The number of carbonyl (C=O) groups is 1. The predicted octanol–water partition coefficient (Wildman–Crippen LogP) is 1.48. The molecular weight excluding hydrogens is 356 g/mol. The van der Waals surface area contributed by atoms with E-state index < -0.39 is 5.54 Å². The van der Waals surface area contributed by atoms with Crippen LogP contribution >= 0.6 is 12.4 Å². The van der Waals surface area contributed by atoms with E-state index in [0.717, 1.165) is 51.9 Å². The Balaban J connectivity index is 0.00000196. The lowest BCUT2D eigenvalue weighted by atomic mass is 9.85. The van der Waals surface area contributed by atoms with Gasteiger partial charge in [0.25, 0.3) is 5.91 Å². The summed E-state index contributed by atoms with van der Waals surface area (Å²) in [6.07, 6.45) is 6.94. The highest BCUT2D eigenvalue weighted by Crippen LogP contribution is 2.33. The zero-order valence-corrected chi connectivity index (χ0v) is 15.7. The minimum Gasteiger partial charge on any atom is -0.341 e. The molecule has 0 atom stereocenters. The number of aromatic nitrogens is 4. The highest BCUT2D eigenvalue weighted by molar-refractivity contribution is 5.85. The van der Waals surface area contributed by atoms with Gasteiger partial charge in [-0.15, -0.1) is 12.4 Å². The number of amides is 1. The second-order valence-electron chi connectivity index (χ2n) is 6.98. The molecule has 0 bridgehead atoms. The van der Waals surface area contributed by atoms with E-state index in [1.54, 1.807) is 6.20 Å². The topological polar surface area (TPSA) is 89.1 Å². The van der Waals surface area contributed by atoms with Crippen molar-refractivity contribution in [3.05, 3.63) is 30.2 Å². The maximum Gasteiger partial charge on any atom is 0.250 e. The van der Waals surface area contributed by atoms with Crippen molar-refractivity contribution >= 4 is 18.3 Å². The van der Waals surface area contributed by atoms with Crippen LogP contribution < -0.4 is 5.32 Å². The van der Waals surface area contributed by atoms with Gasteiger partial charge in [0.1, 0.15) is 5.54 Å². The summed E-state index contributed by atoms with van der Waals surface area (Å²) in [5.74, 6) is 1.81. The number of hydrogen-bond acceptors (Lipinski definition) is 6. The van der Waals surface area contributed by atoms with Gasteiger partial charge in [-0.05, 0) is 51.8 Å². The maximum absolute atomic E-state index is 13.4. The normalized spacial score (nSPS) is 20.6. The quantitative estimate of drug-likeness (QED) is 0.867. The molecule has 0 aromatic carbocycles. The summed E-state index contributed by atoms with van der Waals surface area (Å²) in [6.45, 7) is 4.95. The molecule has 0 spiro atoms. The fraction of sp³-hybridized carbons (Fsp3) is 0.647. The van der Waals surface area contributed by atoms with Crippen LogP contribution in [-0.4, -0.2) is 56.9 Å². The molecule has 2 aromatic heterocycles. The van der Waals surface area contributed by atoms with Crippen LogP contribution in [0, 0.1) is 6.92 Å². The molecule has 4 heterocycles. The van der Waals surface area contributed by atoms with Gasteiger partial charge < -0.3 is 14.7 Å². The van der Waals surface area contributed by atoms with Gasteiger partial charge in [-0.2, -0.15) is 10.1 Å². The molecule has 2 aliphatic rings. The van der Waals surface area contributed by atoms with E-state index in [9.17, 15) is 4.79 Å². The molecule has 0 radical (unpaired) electrons. The number of likely N-dealkylation sites (tertiary alicyclic amines) is 1. The Morgan fingerprint density at radius 2 is 2.04 bits per heavy atom. The molecule has 1 N–H and O–H groups in total. The van der Waals surface area contributed by atoms with E-state index in [1.807, 2.05) is 28.8 Å². The molecule has 2 aromatic rings. The van der Waals surface area contributed by atoms with Crippen molar-refractivity contribution in [2.75, 3.05) is 26.2 Å². The first-order valence-corrected chi connectivity index (χ1v) is 8.99. The minimum atomic E-state index is -0.553. The molecule has 26 heavy (non-hydrogen) atoms. The molecule has 0 aliphatic carbocycles. The zero-order valence-electron chi connectivity index (χ0n) is 14.9. The Morgan fingerprint density at radius 3 is 2.62 bits per heavy atom. The van der Waals surface area contributed by atoms with Crippen molar-refractivity contribution in [1.29, 1.82) is 0 Å². The zero-order chi connectivity index (χ0) is 17.3. The summed E-state index contributed by atoms with van der Waals surface area (Å²) in [7, 11) is 0. The van der Waals surface area contributed by atoms with Gasteiger partial charge in [0, 0.05) is 31.4 Å². The third-order valence-electron chi connectivity index (χ3n) is 5.45. The van der Waals surface area contributed by atoms with Crippen molar-refractivity contribution in [1.82, 2.24) is 30.1 Å². The van der Waals surface area contributed by atoms with Crippen molar-refractivity contribution in [2.24, 2.45) is 0 Å². The number of piperidine rings is 2. The summed E-state index contributed by atoms with van der Waals surface area (Å²) in [4.78, 5) is 19.7. The van der Waals surface area contributed by atoms with Crippen LogP contribution in [0.1, 0.15) is 43.3 Å². The minimum absolute atomic E-state index is 0. The number of halogens is 1. The van der Waals surface area contributed by atoms with Gasteiger partial charge in [-0.1, -0.05) is 5.16 Å². The summed E-state index contributed by atoms with van der Waals surface area (Å²) >= 11 is 0. The van der Waals surface area contributed by atoms with Crippen LogP contribution in [-0.2, 0) is 10.3 Å². The van der Waals surface area contributed by atoms with Crippen LogP contribution in [0.4, 0.5) is 0 Å². The lowest BCUT2D eigenvalue weighted by molar-refractivity contribution is -0.144. The molecule has 1 amide bonds.